The number of hydrogen-bond acceptors (Lipinski definition) is 4. The second-order valence-corrected chi connectivity index (χ2v) is 6.73. The van der Waals surface area contributed by atoms with Crippen molar-refractivity contribution in [3.8, 4) is 0 Å². The highest BCUT2D eigenvalue weighted by molar-refractivity contribution is 7.90. The molecule has 0 aliphatic carbocycles. The highest BCUT2D eigenvalue weighted by atomic mass is 32.2. The van der Waals surface area contributed by atoms with Gasteiger partial charge in [-0.1, -0.05) is 19.1 Å². The molecule has 0 bridgehead atoms. The highest BCUT2D eigenvalue weighted by Gasteiger charge is 2.06. The smallest absolute Gasteiger partial charge is 0.203 e. The van der Waals surface area contributed by atoms with Crippen molar-refractivity contribution < 1.29 is 8.42 Å². The summed E-state index contributed by atoms with van der Waals surface area (Å²) < 4.78 is 24.8. The first-order chi connectivity index (χ1) is 9.50. The molecular weight excluding hydrogens is 274 g/mol. The van der Waals surface area contributed by atoms with Gasteiger partial charge in [0.25, 0.3) is 0 Å². The lowest BCUT2D eigenvalue weighted by Crippen LogP contribution is -2.07. The van der Waals surface area contributed by atoms with Crippen LogP contribution in [0.25, 0.3) is 0 Å². The molecule has 2 aromatic rings. The van der Waals surface area contributed by atoms with Crippen molar-refractivity contribution in [2.24, 2.45) is 0 Å². The maximum Gasteiger partial charge on any atom is 0.203 e. The number of aromatic nitrogens is 2. The summed E-state index contributed by atoms with van der Waals surface area (Å²) in [6.45, 7) is 3.66. The van der Waals surface area contributed by atoms with Crippen molar-refractivity contribution in [2.45, 2.75) is 31.3 Å². The zero-order valence-corrected chi connectivity index (χ0v) is 12.5. The van der Waals surface area contributed by atoms with Crippen molar-refractivity contribution in [2.75, 3.05) is 11.6 Å². The summed E-state index contributed by atoms with van der Waals surface area (Å²) >= 11 is 0. The molecular formula is C14H19N3O2S. The SMILES string of the molecule is CCCn1ccnc1NCc1ccc(S(C)(=O)=O)cc1. The number of hydrogen-bond donors (Lipinski definition) is 1. The fourth-order valence-electron chi connectivity index (χ4n) is 1.93. The van der Waals surface area contributed by atoms with Crippen LogP contribution < -0.4 is 5.32 Å². The molecule has 1 N–H and O–H groups in total. The van der Waals surface area contributed by atoms with Crippen LogP contribution in [0.5, 0.6) is 0 Å². The Morgan fingerprint density at radius 3 is 2.55 bits per heavy atom. The van der Waals surface area contributed by atoms with Gasteiger partial charge in [-0.25, -0.2) is 13.4 Å². The Kier molecular flexibility index (Phi) is 4.44. The van der Waals surface area contributed by atoms with Crippen LogP contribution in [0.4, 0.5) is 5.95 Å². The minimum atomic E-state index is -3.13. The Hall–Kier alpha value is -1.82. The number of aryl methyl sites for hydroxylation is 1. The van der Waals surface area contributed by atoms with Crippen molar-refractivity contribution in [3.05, 3.63) is 42.2 Å². The van der Waals surface area contributed by atoms with Gasteiger partial charge in [-0.2, -0.15) is 0 Å². The van der Waals surface area contributed by atoms with Gasteiger partial charge in [0.1, 0.15) is 0 Å². The van der Waals surface area contributed by atoms with E-state index in [2.05, 4.69) is 21.8 Å². The molecule has 5 nitrogen and oxygen atoms in total. The lowest BCUT2D eigenvalue weighted by atomic mass is 10.2. The summed E-state index contributed by atoms with van der Waals surface area (Å²) in [7, 11) is -3.13. The van der Waals surface area contributed by atoms with E-state index in [1.165, 1.54) is 6.26 Å². The van der Waals surface area contributed by atoms with E-state index in [1.807, 2.05) is 18.3 Å². The summed E-state index contributed by atoms with van der Waals surface area (Å²) in [5.41, 5.74) is 1.02. The molecule has 0 atom stereocenters. The van der Waals surface area contributed by atoms with E-state index in [9.17, 15) is 8.42 Å². The Balaban J connectivity index is 2.02. The van der Waals surface area contributed by atoms with Gasteiger partial charge < -0.3 is 9.88 Å². The molecule has 0 radical (unpaired) electrons. The molecule has 0 saturated heterocycles. The van der Waals surface area contributed by atoms with Gasteiger partial charge in [0.05, 0.1) is 4.90 Å². The summed E-state index contributed by atoms with van der Waals surface area (Å²) in [4.78, 5) is 4.60. The highest BCUT2D eigenvalue weighted by Crippen LogP contribution is 2.12. The molecule has 1 heterocycles. The number of nitrogens with zero attached hydrogens (tertiary/aromatic N) is 2. The largest absolute Gasteiger partial charge is 0.352 e. The van der Waals surface area contributed by atoms with E-state index in [-0.39, 0.29) is 0 Å². The predicted molar refractivity (Wildman–Crippen MR) is 79.4 cm³/mol. The van der Waals surface area contributed by atoms with E-state index in [4.69, 9.17) is 0 Å². The number of anilines is 1. The lowest BCUT2D eigenvalue weighted by molar-refractivity contribution is 0.602. The van der Waals surface area contributed by atoms with Gasteiger partial charge in [0.2, 0.25) is 5.95 Å². The zero-order chi connectivity index (χ0) is 14.6. The number of rotatable bonds is 6. The minimum absolute atomic E-state index is 0.341. The molecule has 0 fully saturated rings. The van der Waals surface area contributed by atoms with Gasteiger partial charge in [-0.15, -0.1) is 0 Å². The first-order valence-corrected chi connectivity index (χ1v) is 8.44. The van der Waals surface area contributed by atoms with Crippen LogP contribution in [0.1, 0.15) is 18.9 Å². The van der Waals surface area contributed by atoms with E-state index in [1.54, 1.807) is 18.3 Å². The molecule has 0 spiro atoms. The maximum atomic E-state index is 11.4. The number of imidazole rings is 1. The summed E-state index contributed by atoms with van der Waals surface area (Å²) in [5, 5.41) is 3.25. The molecule has 2 rings (SSSR count). The number of sulfone groups is 1. The summed E-state index contributed by atoms with van der Waals surface area (Å²) in [5.74, 6) is 0.832. The van der Waals surface area contributed by atoms with Crippen LogP contribution in [0.2, 0.25) is 0 Å². The fraction of sp³-hybridized carbons (Fsp3) is 0.357. The van der Waals surface area contributed by atoms with E-state index in [0.717, 1.165) is 24.5 Å². The Labute approximate surface area is 119 Å². The van der Waals surface area contributed by atoms with Gasteiger partial charge in [-0.3, -0.25) is 0 Å². The van der Waals surface area contributed by atoms with Gasteiger partial charge in [0, 0.05) is 31.7 Å². The van der Waals surface area contributed by atoms with E-state index < -0.39 is 9.84 Å². The Bertz CT molecular complexity index is 660. The van der Waals surface area contributed by atoms with Crippen LogP contribution in [0.3, 0.4) is 0 Å². The van der Waals surface area contributed by atoms with Crippen LogP contribution >= 0.6 is 0 Å². The van der Waals surface area contributed by atoms with Crippen LogP contribution in [-0.2, 0) is 22.9 Å². The minimum Gasteiger partial charge on any atom is -0.352 e. The predicted octanol–water partition coefficient (Wildman–Crippen LogP) is 2.31. The molecule has 108 valence electrons. The first-order valence-electron chi connectivity index (χ1n) is 6.54. The Morgan fingerprint density at radius 1 is 1.25 bits per heavy atom. The first kappa shape index (κ1) is 14.6. The summed E-state index contributed by atoms with van der Waals surface area (Å²) in [6.07, 6.45) is 5.97. The average Bonchev–Trinajstić information content (AvgIpc) is 2.84. The molecule has 0 unspecified atom stereocenters. The average molecular weight is 293 g/mol. The molecule has 6 heteroatoms. The van der Waals surface area contributed by atoms with E-state index >= 15 is 0 Å². The van der Waals surface area contributed by atoms with Gasteiger partial charge in [0.15, 0.2) is 9.84 Å². The fourth-order valence-corrected chi connectivity index (χ4v) is 2.56. The monoisotopic (exact) mass is 293 g/mol. The second kappa shape index (κ2) is 6.09. The van der Waals surface area contributed by atoms with Crippen molar-refractivity contribution in [1.82, 2.24) is 9.55 Å². The van der Waals surface area contributed by atoms with Gasteiger partial charge >= 0.3 is 0 Å². The molecule has 20 heavy (non-hydrogen) atoms. The standard InChI is InChI=1S/C14H19N3O2S/c1-3-9-17-10-8-15-14(17)16-11-12-4-6-13(7-5-12)20(2,18)19/h4-8,10H,3,9,11H2,1-2H3,(H,15,16). The molecule has 0 amide bonds. The second-order valence-electron chi connectivity index (χ2n) is 4.71. The maximum absolute atomic E-state index is 11.4. The topological polar surface area (TPSA) is 64.0 Å². The Morgan fingerprint density at radius 2 is 1.95 bits per heavy atom. The molecule has 0 saturated carbocycles. The third-order valence-corrected chi connectivity index (χ3v) is 4.11. The van der Waals surface area contributed by atoms with Crippen molar-refractivity contribution in [3.63, 3.8) is 0 Å². The van der Waals surface area contributed by atoms with Gasteiger partial charge in [-0.05, 0) is 24.1 Å². The zero-order valence-electron chi connectivity index (χ0n) is 11.7. The number of benzene rings is 1. The molecule has 1 aromatic carbocycles. The number of nitrogens with one attached hydrogen (secondary N) is 1. The normalized spacial score (nSPS) is 11.5. The molecule has 1 aromatic heterocycles. The lowest BCUT2D eigenvalue weighted by Gasteiger charge is -2.09. The van der Waals surface area contributed by atoms with Crippen molar-refractivity contribution >= 4 is 15.8 Å². The third-order valence-electron chi connectivity index (χ3n) is 2.98. The van der Waals surface area contributed by atoms with Crippen molar-refractivity contribution in [1.29, 1.82) is 0 Å². The van der Waals surface area contributed by atoms with Crippen LogP contribution in [0.15, 0.2) is 41.6 Å². The molecule has 0 aliphatic heterocycles. The van der Waals surface area contributed by atoms with E-state index in [0.29, 0.717) is 11.4 Å². The van der Waals surface area contributed by atoms with Crippen LogP contribution in [0, 0.1) is 0 Å². The molecule has 0 aliphatic rings. The van der Waals surface area contributed by atoms with Crippen LogP contribution in [-0.4, -0.2) is 24.2 Å². The summed E-state index contributed by atoms with van der Waals surface area (Å²) in [6, 6.07) is 6.89. The quantitative estimate of drug-likeness (QED) is 0.887. The third kappa shape index (κ3) is 3.60.